The molecule has 0 fully saturated rings. The lowest BCUT2D eigenvalue weighted by molar-refractivity contribution is 0.739. The zero-order valence-electron chi connectivity index (χ0n) is 10.2. The molecule has 1 aromatic carbocycles. The molecule has 1 aliphatic carbocycles. The van der Waals surface area contributed by atoms with Crippen LogP contribution >= 0.6 is 11.8 Å². The van der Waals surface area contributed by atoms with Crippen LogP contribution < -0.4 is 0 Å². The van der Waals surface area contributed by atoms with Crippen molar-refractivity contribution < 1.29 is 0 Å². The van der Waals surface area contributed by atoms with Gasteiger partial charge in [-0.25, -0.2) is 0 Å². The number of hydrogen-bond acceptors (Lipinski definition) is 1. The maximum Gasteiger partial charge on any atom is 0.0195 e. The lowest BCUT2D eigenvalue weighted by Gasteiger charge is -2.24. The fourth-order valence-electron chi connectivity index (χ4n) is 2.27. The molecule has 0 aromatic heterocycles. The molecule has 0 N–H and O–H groups in total. The van der Waals surface area contributed by atoms with E-state index in [1.807, 2.05) is 11.8 Å². The number of rotatable bonds is 1. The Morgan fingerprint density at radius 2 is 1.94 bits per heavy atom. The van der Waals surface area contributed by atoms with Crippen molar-refractivity contribution in [1.82, 2.24) is 0 Å². The van der Waals surface area contributed by atoms with Gasteiger partial charge in [-0.3, -0.25) is 0 Å². The number of fused-ring (bicyclic) bond motifs is 2. The molecule has 0 bridgehead atoms. The molecule has 1 heteroatoms. The van der Waals surface area contributed by atoms with E-state index in [9.17, 15) is 0 Å². The SMILES string of the molecule is CC(C)C1=CC=C2Sc3ccccc3C=C2C1. The first-order valence-corrected chi connectivity index (χ1v) is 6.94. The van der Waals surface area contributed by atoms with E-state index >= 15 is 0 Å². The molecule has 2 aliphatic rings. The second kappa shape index (κ2) is 4.23. The van der Waals surface area contributed by atoms with Crippen LogP contribution in [0, 0.1) is 5.92 Å². The summed E-state index contributed by atoms with van der Waals surface area (Å²) in [6.45, 7) is 4.55. The smallest absolute Gasteiger partial charge is 0.0195 e. The van der Waals surface area contributed by atoms with E-state index in [-0.39, 0.29) is 0 Å². The van der Waals surface area contributed by atoms with Gasteiger partial charge < -0.3 is 0 Å². The van der Waals surface area contributed by atoms with Gasteiger partial charge >= 0.3 is 0 Å². The van der Waals surface area contributed by atoms with Crippen LogP contribution in [0.5, 0.6) is 0 Å². The summed E-state index contributed by atoms with van der Waals surface area (Å²) in [6, 6.07) is 8.64. The first-order chi connectivity index (χ1) is 8.24. The first-order valence-electron chi connectivity index (χ1n) is 6.12. The highest BCUT2D eigenvalue weighted by atomic mass is 32.2. The fraction of sp³-hybridized carbons (Fsp3) is 0.250. The van der Waals surface area contributed by atoms with Gasteiger partial charge in [-0.1, -0.05) is 55.5 Å². The fourth-order valence-corrected chi connectivity index (χ4v) is 3.30. The Morgan fingerprint density at radius 3 is 2.76 bits per heavy atom. The molecule has 0 unspecified atom stereocenters. The van der Waals surface area contributed by atoms with Crippen molar-refractivity contribution in [3.05, 3.63) is 58.0 Å². The van der Waals surface area contributed by atoms with Gasteiger partial charge in [0.2, 0.25) is 0 Å². The van der Waals surface area contributed by atoms with Gasteiger partial charge in [-0.05, 0) is 41.7 Å². The Labute approximate surface area is 107 Å². The van der Waals surface area contributed by atoms with E-state index < -0.39 is 0 Å². The van der Waals surface area contributed by atoms with Crippen LogP contribution in [0.1, 0.15) is 25.8 Å². The Hall–Kier alpha value is -1.21. The maximum absolute atomic E-state index is 2.35. The van der Waals surface area contributed by atoms with Crippen LogP contribution in [0.2, 0.25) is 0 Å². The second-order valence-electron chi connectivity index (χ2n) is 4.91. The quantitative estimate of drug-likeness (QED) is 0.662. The van der Waals surface area contributed by atoms with Gasteiger partial charge in [-0.2, -0.15) is 0 Å². The molecule has 1 aromatic rings. The van der Waals surface area contributed by atoms with E-state index in [0.717, 1.165) is 6.42 Å². The van der Waals surface area contributed by atoms with Crippen molar-refractivity contribution in [3.8, 4) is 0 Å². The van der Waals surface area contributed by atoms with Crippen LogP contribution in [-0.2, 0) is 0 Å². The zero-order valence-corrected chi connectivity index (χ0v) is 11.1. The summed E-state index contributed by atoms with van der Waals surface area (Å²) in [5, 5.41) is 0. The summed E-state index contributed by atoms with van der Waals surface area (Å²) < 4.78 is 0. The minimum atomic E-state index is 0.649. The molecule has 1 heterocycles. The molecular weight excluding hydrogens is 224 g/mol. The van der Waals surface area contributed by atoms with Crippen LogP contribution in [0.25, 0.3) is 6.08 Å². The summed E-state index contributed by atoms with van der Waals surface area (Å²) in [7, 11) is 0. The van der Waals surface area contributed by atoms with E-state index in [1.165, 1.54) is 20.9 Å². The molecule has 0 atom stereocenters. The lowest BCUT2D eigenvalue weighted by atomic mass is 9.90. The molecule has 0 spiro atoms. The van der Waals surface area contributed by atoms with Gasteiger partial charge in [-0.15, -0.1) is 0 Å². The summed E-state index contributed by atoms with van der Waals surface area (Å²) in [5.41, 5.74) is 4.40. The topological polar surface area (TPSA) is 0 Å². The van der Waals surface area contributed by atoms with Crippen molar-refractivity contribution >= 4 is 17.8 Å². The van der Waals surface area contributed by atoms with Crippen molar-refractivity contribution in [1.29, 1.82) is 0 Å². The lowest BCUT2D eigenvalue weighted by Crippen LogP contribution is -2.04. The predicted octanol–water partition coefficient (Wildman–Crippen LogP) is 5.05. The van der Waals surface area contributed by atoms with Crippen molar-refractivity contribution in [2.75, 3.05) is 0 Å². The molecule has 0 saturated heterocycles. The summed E-state index contributed by atoms with van der Waals surface area (Å²) in [5.74, 6) is 0.649. The molecule has 0 amide bonds. The Morgan fingerprint density at radius 1 is 1.12 bits per heavy atom. The summed E-state index contributed by atoms with van der Waals surface area (Å²) in [6.07, 6.45) is 8.06. The maximum atomic E-state index is 2.35. The molecule has 0 saturated carbocycles. The van der Waals surface area contributed by atoms with Gasteiger partial charge in [0.05, 0.1) is 0 Å². The first kappa shape index (κ1) is 10.9. The van der Waals surface area contributed by atoms with Gasteiger partial charge in [0.15, 0.2) is 0 Å². The monoisotopic (exact) mass is 240 g/mol. The third-order valence-electron chi connectivity index (χ3n) is 3.37. The average Bonchev–Trinajstić information content (AvgIpc) is 2.35. The van der Waals surface area contributed by atoms with E-state index in [2.05, 4.69) is 56.3 Å². The van der Waals surface area contributed by atoms with E-state index in [4.69, 9.17) is 0 Å². The summed E-state index contributed by atoms with van der Waals surface area (Å²) >= 11 is 1.90. The standard InChI is InChI=1S/C16H16S/c1-11(2)12-7-8-16-14(9-12)10-13-5-3-4-6-15(13)17-16/h3-8,10-11H,9H2,1-2H3. The van der Waals surface area contributed by atoms with Crippen LogP contribution in [-0.4, -0.2) is 0 Å². The van der Waals surface area contributed by atoms with Crippen molar-refractivity contribution in [2.45, 2.75) is 25.2 Å². The Balaban J connectivity index is 2.01. The molecule has 0 nitrogen and oxygen atoms in total. The minimum Gasteiger partial charge on any atom is -0.0892 e. The highest BCUT2D eigenvalue weighted by Crippen LogP contribution is 2.44. The molecule has 0 radical (unpaired) electrons. The number of hydrogen-bond donors (Lipinski definition) is 0. The Bertz CT molecular complexity index is 544. The highest BCUT2D eigenvalue weighted by Gasteiger charge is 2.19. The second-order valence-corrected chi connectivity index (χ2v) is 6.00. The largest absolute Gasteiger partial charge is 0.0892 e. The van der Waals surface area contributed by atoms with Crippen LogP contribution in [0.4, 0.5) is 0 Å². The molecule has 17 heavy (non-hydrogen) atoms. The van der Waals surface area contributed by atoms with Crippen LogP contribution in [0.15, 0.2) is 57.4 Å². The normalized spacial score (nSPS) is 17.9. The average molecular weight is 240 g/mol. The summed E-state index contributed by atoms with van der Waals surface area (Å²) in [4.78, 5) is 2.80. The molecule has 86 valence electrons. The highest BCUT2D eigenvalue weighted by molar-refractivity contribution is 8.03. The Kier molecular flexibility index (Phi) is 2.71. The number of allylic oxidation sites excluding steroid dienone is 4. The van der Waals surface area contributed by atoms with Crippen molar-refractivity contribution in [3.63, 3.8) is 0 Å². The molecular formula is C16H16S. The number of benzene rings is 1. The zero-order chi connectivity index (χ0) is 11.8. The minimum absolute atomic E-state index is 0.649. The van der Waals surface area contributed by atoms with E-state index in [0.29, 0.717) is 5.92 Å². The van der Waals surface area contributed by atoms with E-state index in [1.54, 1.807) is 5.57 Å². The molecule has 3 rings (SSSR count). The van der Waals surface area contributed by atoms with Gasteiger partial charge in [0, 0.05) is 9.80 Å². The van der Waals surface area contributed by atoms with Crippen LogP contribution in [0.3, 0.4) is 0 Å². The van der Waals surface area contributed by atoms with Gasteiger partial charge in [0.25, 0.3) is 0 Å². The predicted molar refractivity (Wildman–Crippen MR) is 75.9 cm³/mol. The third kappa shape index (κ3) is 2.00. The molecule has 1 aliphatic heterocycles. The van der Waals surface area contributed by atoms with Crippen molar-refractivity contribution in [2.24, 2.45) is 5.92 Å². The number of thioether (sulfide) groups is 1. The third-order valence-corrected chi connectivity index (χ3v) is 4.58. The van der Waals surface area contributed by atoms with Gasteiger partial charge in [0.1, 0.15) is 0 Å².